The number of allylic oxidation sites excluding steroid dienone is 2. The summed E-state index contributed by atoms with van der Waals surface area (Å²) in [7, 11) is -0.397. The smallest absolute Gasteiger partial charge is 0.0441 e. The van der Waals surface area contributed by atoms with Gasteiger partial charge in [-0.1, -0.05) is 78.4 Å². The van der Waals surface area contributed by atoms with Crippen molar-refractivity contribution in [1.82, 2.24) is 0 Å². The molecule has 3 heteroatoms. The van der Waals surface area contributed by atoms with Gasteiger partial charge >= 0.3 is 0 Å². The molecule has 0 aromatic heterocycles. The lowest BCUT2D eigenvalue weighted by Gasteiger charge is -2.18. The summed E-state index contributed by atoms with van der Waals surface area (Å²) in [5, 5.41) is 6.40. The second-order valence-electron chi connectivity index (χ2n) is 8.07. The quantitative estimate of drug-likeness (QED) is 0.320. The molecule has 0 aliphatic heterocycles. The fraction of sp³-hybridized carbons (Fsp3) is 0.250. The number of nitrogens with one attached hydrogen (secondary N) is 1. The van der Waals surface area contributed by atoms with E-state index in [-0.39, 0.29) is 0 Å². The number of hydrogen-bond acceptors (Lipinski definition) is 2. The van der Waals surface area contributed by atoms with E-state index in [1.807, 2.05) is 0 Å². The maximum absolute atomic E-state index is 4.87. The van der Waals surface area contributed by atoms with E-state index >= 15 is 0 Å². The first-order chi connectivity index (χ1) is 14.9. The molecule has 0 spiro atoms. The van der Waals surface area contributed by atoms with E-state index in [1.165, 1.54) is 33.0 Å². The molecule has 0 atom stereocenters. The van der Waals surface area contributed by atoms with Gasteiger partial charge in [-0.15, -0.1) is 0 Å². The Kier molecular flexibility index (Phi) is 8.20. The fourth-order valence-electron chi connectivity index (χ4n) is 3.92. The summed E-state index contributed by atoms with van der Waals surface area (Å²) in [6, 6.07) is 26.1. The van der Waals surface area contributed by atoms with Crippen LogP contribution in [0, 0.1) is 20.8 Å². The molecule has 0 aliphatic rings. The third kappa shape index (κ3) is 6.64. The average Bonchev–Trinajstić information content (AvgIpc) is 2.75. The highest BCUT2D eigenvalue weighted by atomic mass is 31.1. The number of rotatable bonds is 8. The summed E-state index contributed by atoms with van der Waals surface area (Å²) in [6.45, 7) is 11.5. The maximum Gasteiger partial charge on any atom is 0.0441 e. The van der Waals surface area contributed by atoms with Crippen LogP contribution in [0.3, 0.4) is 0 Å². The first-order valence-electron chi connectivity index (χ1n) is 10.9. The topological polar surface area (TPSA) is 24.4 Å². The molecule has 31 heavy (non-hydrogen) atoms. The Morgan fingerprint density at radius 1 is 0.839 bits per heavy atom. The van der Waals surface area contributed by atoms with E-state index in [1.54, 1.807) is 0 Å². The van der Waals surface area contributed by atoms with Gasteiger partial charge in [0.25, 0.3) is 0 Å². The normalized spacial score (nSPS) is 12.3. The zero-order chi connectivity index (χ0) is 22.2. The number of hydrogen-bond donors (Lipinski definition) is 1. The third-order valence-electron chi connectivity index (χ3n) is 5.25. The maximum atomic E-state index is 4.87. The fourth-order valence-corrected chi connectivity index (χ4v) is 6.10. The van der Waals surface area contributed by atoms with Crippen molar-refractivity contribution in [3.63, 3.8) is 0 Å². The lowest BCUT2D eigenvalue weighted by atomic mass is 10.0. The number of benzene rings is 3. The van der Waals surface area contributed by atoms with Crippen molar-refractivity contribution in [2.24, 2.45) is 4.99 Å². The highest BCUT2D eigenvalue weighted by Crippen LogP contribution is 2.33. The molecule has 3 aromatic rings. The first kappa shape index (κ1) is 23.0. The first-order valence-corrected chi connectivity index (χ1v) is 12.4. The molecule has 160 valence electrons. The Hall–Kier alpha value is -2.70. The molecule has 3 aromatic carbocycles. The second kappa shape index (κ2) is 11.1. The van der Waals surface area contributed by atoms with Crippen LogP contribution in [0.4, 0.5) is 5.69 Å². The second-order valence-corrected chi connectivity index (χ2v) is 10.4. The molecule has 2 nitrogen and oxygen atoms in total. The number of anilines is 1. The highest BCUT2D eigenvalue weighted by molar-refractivity contribution is 7.73. The minimum atomic E-state index is -0.397. The molecular weight excluding hydrogens is 395 g/mol. The van der Waals surface area contributed by atoms with Crippen molar-refractivity contribution >= 4 is 29.9 Å². The van der Waals surface area contributed by atoms with E-state index < -0.39 is 7.92 Å². The Bertz CT molecular complexity index is 990. The molecule has 0 heterocycles. The molecule has 0 bridgehead atoms. The van der Waals surface area contributed by atoms with Gasteiger partial charge in [0.2, 0.25) is 0 Å². The third-order valence-corrected chi connectivity index (χ3v) is 7.74. The Balaban J connectivity index is 1.69. The number of aryl methyl sites for hydroxylation is 3. The molecule has 0 aliphatic carbocycles. The van der Waals surface area contributed by atoms with E-state index in [9.17, 15) is 0 Å². The summed E-state index contributed by atoms with van der Waals surface area (Å²) in [5.41, 5.74) is 7.22. The van der Waals surface area contributed by atoms with Crippen LogP contribution in [0.15, 0.2) is 89.6 Å². The molecule has 0 radical (unpaired) electrons. The highest BCUT2D eigenvalue weighted by Gasteiger charge is 2.12. The molecule has 0 saturated heterocycles. The van der Waals surface area contributed by atoms with E-state index in [4.69, 9.17) is 4.99 Å². The van der Waals surface area contributed by atoms with Gasteiger partial charge in [0.15, 0.2) is 0 Å². The monoisotopic (exact) mass is 428 g/mol. The molecule has 0 unspecified atom stereocenters. The predicted molar refractivity (Wildman–Crippen MR) is 140 cm³/mol. The standard InChI is InChI=1S/C28H33N2P/c1-21-18-22(2)28(23(3)19-21)30-25(5)20-24(4)29-16-17-31(26-12-8-6-9-13-26)27-14-10-7-11-15-27/h6-15,18-20,30H,16-17H2,1-5H3/b25-20-,29-24?. The van der Waals surface area contributed by atoms with Gasteiger partial charge in [-0.25, -0.2) is 0 Å². The lowest BCUT2D eigenvalue weighted by Crippen LogP contribution is -2.15. The molecule has 1 N–H and O–H groups in total. The molecule has 3 rings (SSSR count). The SMILES string of the molecule is CC(/C=C(/C)Nc1c(C)cc(C)cc1C)=NCCP(c1ccccc1)c1ccccc1. The summed E-state index contributed by atoms with van der Waals surface area (Å²) in [5.74, 6) is 0. The average molecular weight is 429 g/mol. The van der Waals surface area contributed by atoms with E-state index in [2.05, 4.69) is 119 Å². The minimum absolute atomic E-state index is 0.397. The van der Waals surface area contributed by atoms with Crippen molar-refractivity contribution in [3.8, 4) is 0 Å². The van der Waals surface area contributed by atoms with Crippen LogP contribution in [-0.2, 0) is 0 Å². The van der Waals surface area contributed by atoms with E-state index in [0.717, 1.165) is 24.1 Å². The number of nitrogens with zero attached hydrogens (tertiary/aromatic N) is 1. The van der Waals surface area contributed by atoms with Crippen LogP contribution < -0.4 is 15.9 Å². The van der Waals surface area contributed by atoms with Gasteiger partial charge in [-0.2, -0.15) is 0 Å². The van der Waals surface area contributed by atoms with Gasteiger partial charge in [0.05, 0.1) is 0 Å². The van der Waals surface area contributed by atoms with E-state index in [0.29, 0.717) is 0 Å². The van der Waals surface area contributed by atoms with Gasteiger partial charge in [0.1, 0.15) is 0 Å². The largest absolute Gasteiger partial charge is 0.359 e. The van der Waals surface area contributed by atoms with Crippen LogP contribution in [0.25, 0.3) is 0 Å². The zero-order valence-corrected chi connectivity index (χ0v) is 20.2. The van der Waals surface area contributed by atoms with Gasteiger partial charge in [-0.3, -0.25) is 4.99 Å². The molecular formula is C28H33N2P. The predicted octanol–water partition coefficient (Wildman–Crippen LogP) is 6.52. The molecule has 0 amide bonds. The Labute approximate surface area is 188 Å². The van der Waals surface area contributed by atoms with Crippen molar-refractivity contribution in [1.29, 1.82) is 0 Å². The van der Waals surface area contributed by atoms with Crippen molar-refractivity contribution in [3.05, 3.63) is 101 Å². The summed E-state index contributed by atoms with van der Waals surface area (Å²) in [4.78, 5) is 4.87. The van der Waals surface area contributed by atoms with Crippen molar-refractivity contribution < 1.29 is 0 Å². The van der Waals surface area contributed by atoms with Crippen molar-refractivity contribution in [2.45, 2.75) is 34.6 Å². The molecule has 0 saturated carbocycles. The van der Waals surface area contributed by atoms with Crippen LogP contribution in [0.2, 0.25) is 0 Å². The van der Waals surface area contributed by atoms with Crippen LogP contribution in [0.1, 0.15) is 30.5 Å². The summed E-state index contributed by atoms with van der Waals surface area (Å²) < 4.78 is 0. The van der Waals surface area contributed by atoms with Crippen LogP contribution in [-0.4, -0.2) is 18.4 Å². The number of aliphatic imine (C=N–C) groups is 1. The minimum Gasteiger partial charge on any atom is -0.359 e. The van der Waals surface area contributed by atoms with Gasteiger partial charge < -0.3 is 5.32 Å². The molecule has 0 fully saturated rings. The van der Waals surface area contributed by atoms with Crippen LogP contribution in [0.5, 0.6) is 0 Å². The van der Waals surface area contributed by atoms with Gasteiger partial charge in [0, 0.05) is 23.6 Å². The zero-order valence-electron chi connectivity index (χ0n) is 19.3. The Morgan fingerprint density at radius 3 is 1.87 bits per heavy atom. The summed E-state index contributed by atoms with van der Waals surface area (Å²) in [6.07, 6.45) is 3.20. The van der Waals surface area contributed by atoms with Crippen molar-refractivity contribution in [2.75, 3.05) is 18.0 Å². The lowest BCUT2D eigenvalue weighted by molar-refractivity contribution is 1.14. The summed E-state index contributed by atoms with van der Waals surface area (Å²) >= 11 is 0. The van der Waals surface area contributed by atoms with Crippen LogP contribution >= 0.6 is 7.92 Å². The Morgan fingerprint density at radius 2 is 1.35 bits per heavy atom. The van der Waals surface area contributed by atoms with Gasteiger partial charge in [-0.05, 0) is 76.5 Å².